The number of alkyl halides is 3. The third kappa shape index (κ3) is 5.50. The van der Waals surface area contributed by atoms with Crippen LogP contribution in [0.3, 0.4) is 0 Å². The van der Waals surface area contributed by atoms with Gasteiger partial charge < -0.3 is 20.1 Å². The summed E-state index contributed by atoms with van der Waals surface area (Å²) in [4.78, 5) is 37.3. The van der Waals surface area contributed by atoms with Crippen molar-refractivity contribution in [2.24, 2.45) is 5.73 Å². The number of piperazine rings is 1. The Morgan fingerprint density at radius 2 is 1.91 bits per heavy atom. The number of carbonyl (C=O) groups excluding carboxylic acids is 2. The molecule has 0 spiro atoms. The van der Waals surface area contributed by atoms with Gasteiger partial charge >= 0.3 is 12.3 Å². The third-order valence-corrected chi connectivity index (χ3v) is 4.34. The number of hydrogen-bond acceptors (Lipinski definition) is 8. The van der Waals surface area contributed by atoms with E-state index in [1.807, 2.05) is 0 Å². The second-order valence-corrected chi connectivity index (χ2v) is 6.77. The molecule has 2 aromatic heterocycles. The summed E-state index contributed by atoms with van der Waals surface area (Å²) < 4.78 is 62.0. The molecule has 0 bridgehead atoms. The minimum atomic E-state index is -4.56. The molecule has 3 heterocycles. The Hall–Kier alpha value is -3.71. The van der Waals surface area contributed by atoms with Crippen molar-refractivity contribution in [3.05, 3.63) is 36.0 Å². The zero-order valence-corrected chi connectivity index (χ0v) is 16.7. The Kier molecular flexibility index (Phi) is 6.60. The number of hydrogen-bond donors (Lipinski definition) is 1. The molecule has 172 valence electrons. The number of anilines is 2. The van der Waals surface area contributed by atoms with Gasteiger partial charge in [-0.25, -0.2) is 24.1 Å². The maximum absolute atomic E-state index is 14.0. The molecule has 1 aliphatic heterocycles. The van der Waals surface area contributed by atoms with E-state index < -0.39 is 35.7 Å². The first-order valence-electron chi connectivity index (χ1n) is 9.23. The number of nitrogens with two attached hydrogens (primary N) is 1. The molecule has 3 rings (SSSR count). The molecule has 0 aromatic carbocycles. The predicted molar refractivity (Wildman–Crippen MR) is 101 cm³/mol. The van der Waals surface area contributed by atoms with Crippen molar-refractivity contribution < 1.29 is 36.6 Å². The first-order chi connectivity index (χ1) is 15.0. The van der Waals surface area contributed by atoms with Crippen LogP contribution in [0.2, 0.25) is 0 Å². The fraction of sp³-hybridized carbons (Fsp3) is 0.389. The second kappa shape index (κ2) is 9.20. The summed E-state index contributed by atoms with van der Waals surface area (Å²) in [5.74, 6) is -1.36. The Morgan fingerprint density at radius 1 is 1.22 bits per heavy atom. The van der Waals surface area contributed by atoms with Gasteiger partial charge in [0.2, 0.25) is 11.9 Å². The Balaban J connectivity index is 1.66. The average molecular weight is 458 g/mol. The highest BCUT2D eigenvalue weighted by Crippen LogP contribution is 2.29. The molecule has 1 saturated heterocycles. The number of ether oxygens (including phenoxy) is 2. The SMILES string of the molecule is C[C@@H](COc1cc(N2CCN(c3ncc(C(F)(F)F)cn3)CC2=O)ncc1F)OC(N)=O. The number of pyridine rings is 1. The highest BCUT2D eigenvalue weighted by Gasteiger charge is 2.33. The third-order valence-electron chi connectivity index (χ3n) is 4.34. The summed E-state index contributed by atoms with van der Waals surface area (Å²) in [6, 6.07) is 1.22. The van der Waals surface area contributed by atoms with E-state index in [0.717, 1.165) is 6.20 Å². The van der Waals surface area contributed by atoms with Gasteiger partial charge in [0, 0.05) is 31.5 Å². The minimum absolute atomic E-state index is 0.0227. The van der Waals surface area contributed by atoms with Gasteiger partial charge in [0.1, 0.15) is 25.1 Å². The van der Waals surface area contributed by atoms with Gasteiger partial charge in [0.25, 0.3) is 0 Å². The van der Waals surface area contributed by atoms with Crippen molar-refractivity contribution >= 4 is 23.8 Å². The minimum Gasteiger partial charge on any atom is -0.486 e. The Bertz CT molecular complexity index is 988. The van der Waals surface area contributed by atoms with Crippen molar-refractivity contribution in [2.45, 2.75) is 19.2 Å². The van der Waals surface area contributed by atoms with Crippen LogP contribution >= 0.6 is 0 Å². The molecule has 0 saturated carbocycles. The molecule has 0 unspecified atom stereocenters. The standard InChI is InChI=1S/C18H18F4N6O4/c1-10(32-16(23)30)9-31-13-4-14(24-7-12(13)19)28-3-2-27(8-15(28)29)17-25-5-11(6-26-17)18(20,21)22/h4-7,10H,2-3,8-9H2,1H3,(H2,23,30)/t10-/m0/s1. The van der Waals surface area contributed by atoms with Gasteiger partial charge in [0.05, 0.1) is 11.8 Å². The molecule has 2 N–H and O–H groups in total. The summed E-state index contributed by atoms with van der Waals surface area (Å²) in [6.07, 6.45) is -4.14. The molecule has 14 heteroatoms. The van der Waals surface area contributed by atoms with Crippen LogP contribution in [0.1, 0.15) is 12.5 Å². The molecule has 1 fully saturated rings. The smallest absolute Gasteiger partial charge is 0.419 e. The largest absolute Gasteiger partial charge is 0.486 e. The number of carbonyl (C=O) groups is 2. The van der Waals surface area contributed by atoms with Crippen LogP contribution in [-0.4, -0.2) is 59.3 Å². The average Bonchev–Trinajstić information content (AvgIpc) is 2.72. The molecule has 2 amide bonds. The van der Waals surface area contributed by atoms with E-state index in [-0.39, 0.29) is 43.8 Å². The molecule has 1 atom stereocenters. The normalized spacial score (nSPS) is 15.5. The maximum Gasteiger partial charge on any atom is 0.419 e. The van der Waals surface area contributed by atoms with Gasteiger partial charge in [-0.1, -0.05) is 0 Å². The fourth-order valence-corrected chi connectivity index (χ4v) is 2.82. The first-order valence-corrected chi connectivity index (χ1v) is 9.23. The summed E-state index contributed by atoms with van der Waals surface area (Å²) in [5.41, 5.74) is 3.91. The van der Waals surface area contributed by atoms with Crippen LogP contribution in [-0.2, 0) is 15.7 Å². The van der Waals surface area contributed by atoms with Crippen molar-refractivity contribution in [1.29, 1.82) is 0 Å². The lowest BCUT2D eigenvalue weighted by molar-refractivity contribution is -0.138. The zero-order valence-electron chi connectivity index (χ0n) is 16.7. The van der Waals surface area contributed by atoms with E-state index in [9.17, 15) is 27.2 Å². The van der Waals surface area contributed by atoms with Crippen molar-refractivity contribution in [2.75, 3.05) is 36.0 Å². The number of amides is 2. The topological polar surface area (TPSA) is 124 Å². The van der Waals surface area contributed by atoms with E-state index in [1.54, 1.807) is 0 Å². The number of primary amides is 1. The summed E-state index contributed by atoms with van der Waals surface area (Å²) in [6.45, 7) is 1.40. The van der Waals surface area contributed by atoms with Gasteiger partial charge in [-0.05, 0) is 6.92 Å². The number of nitrogens with zero attached hydrogens (tertiary/aromatic N) is 5. The highest BCUT2D eigenvalue weighted by atomic mass is 19.4. The monoisotopic (exact) mass is 458 g/mol. The van der Waals surface area contributed by atoms with Gasteiger partial charge in [-0.3, -0.25) is 9.69 Å². The van der Waals surface area contributed by atoms with Crippen molar-refractivity contribution in [1.82, 2.24) is 15.0 Å². The van der Waals surface area contributed by atoms with Crippen molar-refractivity contribution in [3.63, 3.8) is 0 Å². The Labute approximate surface area is 178 Å². The highest BCUT2D eigenvalue weighted by molar-refractivity contribution is 5.96. The quantitative estimate of drug-likeness (QED) is 0.650. The van der Waals surface area contributed by atoms with E-state index in [2.05, 4.69) is 19.7 Å². The Morgan fingerprint density at radius 3 is 2.50 bits per heavy atom. The van der Waals surface area contributed by atoms with Crippen LogP contribution in [0.15, 0.2) is 24.7 Å². The molecule has 0 aliphatic carbocycles. The molecular weight excluding hydrogens is 440 g/mol. The van der Waals surface area contributed by atoms with Gasteiger partial charge in [0.15, 0.2) is 11.6 Å². The second-order valence-electron chi connectivity index (χ2n) is 6.77. The van der Waals surface area contributed by atoms with Crippen LogP contribution < -0.4 is 20.3 Å². The molecule has 0 radical (unpaired) electrons. The van der Waals surface area contributed by atoms with E-state index in [1.165, 1.54) is 22.8 Å². The molecule has 2 aromatic rings. The number of aromatic nitrogens is 3. The molecule has 10 nitrogen and oxygen atoms in total. The van der Waals surface area contributed by atoms with Gasteiger partial charge in [-0.2, -0.15) is 13.2 Å². The van der Waals surface area contributed by atoms with E-state index in [4.69, 9.17) is 10.5 Å². The lowest BCUT2D eigenvalue weighted by atomic mass is 10.3. The first kappa shape index (κ1) is 23.0. The van der Waals surface area contributed by atoms with Crippen LogP contribution in [0.5, 0.6) is 5.75 Å². The number of halogens is 4. The van der Waals surface area contributed by atoms with E-state index >= 15 is 0 Å². The lowest BCUT2D eigenvalue weighted by Crippen LogP contribution is -2.51. The van der Waals surface area contributed by atoms with Crippen LogP contribution in [0.25, 0.3) is 0 Å². The molecule has 1 aliphatic rings. The van der Waals surface area contributed by atoms with Gasteiger partial charge in [-0.15, -0.1) is 0 Å². The van der Waals surface area contributed by atoms with Crippen molar-refractivity contribution in [3.8, 4) is 5.75 Å². The summed E-state index contributed by atoms with van der Waals surface area (Å²) >= 11 is 0. The summed E-state index contributed by atoms with van der Waals surface area (Å²) in [5, 5.41) is 0. The predicted octanol–water partition coefficient (Wildman–Crippen LogP) is 1.75. The molecular formula is C18H18F4N6O4. The summed E-state index contributed by atoms with van der Waals surface area (Å²) in [7, 11) is 0. The number of rotatable bonds is 6. The fourth-order valence-electron chi connectivity index (χ4n) is 2.82. The maximum atomic E-state index is 14.0. The van der Waals surface area contributed by atoms with Crippen LogP contribution in [0.4, 0.5) is 34.1 Å². The zero-order chi connectivity index (χ0) is 23.5. The lowest BCUT2D eigenvalue weighted by Gasteiger charge is -2.33. The molecule has 32 heavy (non-hydrogen) atoms. The van der Waals surface area contributed by atoms with E-state index in [0.29, 0.717) is 12.4 Å². The van der Waals surface area contributed by atoms with Crippen LogP contribution in [0, 0.1) is 5.82 Å².